The second kappa shape index (κ2) is 7.07. The van der Waals surface area contributed by atoms with Crippen LogP contribution in [0.3, 0.4) is 0 Å². The second-order valence-electron chi connectivity index (χ2n) is 7.81. The average Bonchev–Trinajstić information content (AvgIpc) is 3.36. The Morgan fingerprint density at radius 2 is 2.13 bits per heavy atom. The number of benzene rings is 1. The highest BCUT2D eigenvalue weighted by atomic mass is 16.3. The van der Waals surface area contributed by atoms with Crippen LogP contribution in [-0.2, 0) is 9.59 Å². The van der Waals surface area contributed by atoms with E-state index in [0.717, 1.165) is 35.5 Å². The third-order valence-corrected chi connectivity index (χ3v) is 5.32. The summed E-state index contributed by atoms with van der Waals surface area (Å²) in [5.41, 5.74) is 4.08. The highest BCUT2D eigenvalue weighted by Crippen LogP contribution is 2.30. The highest BCUT2D eigenvalue weighted by molar-refractivity contribution is 6.15. The van der Waals surface area contributed by atoms with Gasteiger partial charge in [-0.2, -0.15) is 9.61 Å². The van der Waals surface area contributed by atoms with Gasteiger partial charge in [0.25, 0.3) is 5.91 Å². The van der Waals surface area contributed by atoms with E-state index in [1.807, 2.05) is 30.3 Å². The highest BCUT2D eigenvalue weighted by Gasteiger charge is 2.26. The van der Waals surface area contributed by atoms with Crippen molar-refractivity contribution in [3.63, 3.8) is 0 Å². The Kier molecular flexibility index (Phi) is 4.36. The molecule has 2 fully saturated rings. The van der Waals surface area contributed by atoms with E-state index in [4.69, 9.17) is 4.98 Å². The molecule has 1 aliphatic heterocycles. The topological polar surface area (TPSA) is 109 Å². The minimum absolute atomic E-state index is 0.0550. The van der Waals surface area contributed by atoms with Crippen LogP contribution in [0.15, 0.2) is 42.1 Å². The van der Waals surface area contributed by atoms with E-state index in [0.29, 0.717) is 22.8 Å². The first-order valence-electron chi connectivity index (χ1n) is 9.96. The molecule has 1 unspecified atom stereocenters. The molecule has 1 saturated carbocycles. The lowest BCUT2D eigenvalue weighted by Gasteiger charge is -2.12. The third kappa shape index (κ3) is 3.46. The Morgan fingerprint density at radius 3 is 2.83 bits per heavy atom. The number of nitrogens with one attached hydrogen (secondary N) is 2. The van der Waals surface area contributed by atoms with Crippen molar-refractivity contribution in [2.75, 3.05) is 5.32 Å². The Hall–Kier alpha value is -3.52. The number of aliphatic hydroxyl groups excluding tert-OH is 1. The van der Waals surface area contributed by atoms with Crippen LogP contribution < -0.4 is 10.6 Å². The Morgan fingerprint density at radius 1 is 1.30 bits per heavy atom. The molecule has 5 rings (SSSR count). The van der Waals surface area contributed by atoms with Crippen molar-refractivity contribution in [3.8, 4) is 11.3 Å². The van der Waals surface area contributed by atoms with Gasteiger partial charge in [0.15, 0.2) is 5.65 Å². The van der Waals surface area contributed by atoms with Gasteiger partial charge in [0.2, 0.25) is 5.91 Å². The lowest BCUT2D eigenvalue weighted by atomic mass is 10.0. The van der Waals surface area contributed by atoms with E-state index in [1.54, 1.807) is 23.7 Å². The quantitative estimate of drug-likeness (QED) is 0.446. The molecule has 2 amide bonds. The molecule has 2 aromatic heterocycles. The number of nitrogens with zero attached hydrogens (tertiary/aromatic N) is 3. The van der Waals surface area contributed by atoms with Crippen molar-refractivity contribution in [2.45, 2.75) is 38.3 Å². The molecule has 3 aromatic rings. The van der Waals surface area contributed by atoms with E-state index >= 15 is 0 Å². The maximum Gasteiger partial charge on any atom is 0.254 e. The number of aliphatic hydroxyl groups is 1. The van der Waals surface area contributed by atoms with Crippen LogP contribution in [0.4, 0.5) is 5.82 Å². The average molecular weight is 403 g/mol. The molecule has 1 saturated heterocycles. The van der Waals surface area contributed by atoms with Crippen LogP contribution >= 0.6 is 0 Å². The minimum Gasteiger partial charge on any atom is -0.389 e. The number of imide groups is 1. The third-order valence-electron chi connectivity index (χ3n) is 5.32. The summed E-state index contributed by atoms with van der Waals surface area (Å²) in [7, 11) is 0. The summed E-state index contributed by atoms with van der Waals surface area (Å²) in [6, 6.07) is 10.00. The van der Waals surface area contributed by atoms with Crippen LogP contribution in [0.1, 0.15) is 43.4 Å². The van der Waals surface area contributed by atoms with E-state index in [9.17, 15) is 14.7 Å². The predicted molar refractivity (Wildman–Crippen MR) is 111 cm³/mol. The van der Waals surface area contributed by atoms with Crippen LogP contribution in [0.5, 0.6) is 0 Å². The number of hydrogen-bond donors (Lipinski definition) is 3. The molecule has 0 radical (unpaired) electrons. The van der Waals surface area contributed by atoms with Crippen LogP contribution in [-0.4, -0.2) is 37.6 Å². The standard InChI is InChI=1S/C22H21N5O3/c1-12(28)13-3-2-4-14(7-13)18-10-19(24-17-5-6-17)27-21(25-18)16(11-23-27)8-15-9-20(29)26-22(15)30/h2-4,7-8,10-12,17,24,28H,5-6,9H2,1H3,(H,26,29,30)/b15-8+. The van der Waals surface area contributed by atoms with Gasteiger partial charge in [-0.05, 0) is 37.5 Å². The van der Waals surface area contributed by atoms with Crippen LogP contribution in [0.25, 0.3) is 23.0 Å². The number of carbonyl (C=O) groups excluding carboxylic acids is 2. The largest absolute Gasteiger partial charge is 0.389 e. The summed E-state index contributed by atoms with van der Waals surface area (Å²) in [6.45, 7) is 1.73. The fourth-order valence-electron chi connectivity index (χ4n) is 3.54. The van der Waals surface area contributed by atoms with Crippen molar-refractivity contribution in [2.24, 2.45) is 0 Å². The molecule has 1 atom stereocenters. The molecule has 8 nitrogen and oxygen atoms in total. The van der Waals surface area contributed by atoms with Gasteiger partial charge in [-0.15, -0.1) is 0 Å². The maximum atomic E-state index is 12.0. The second-order valence-corrected chi connectivity index (χ2v) is 7.81. The normalized spacial score (nSPS) is 18.8. The van der Waals surface area contributed by atoms with Crippen LogP contribution in [0, 0.1) is 0 Å². The number of rotatable bonds is 5. The number of carbonyl (C=O) groups is 2. The van der Waals surface area contributed by atoms with E-state index in [-0.39, 0.29) is 18.2 Å². The van der Waals surface area contributed by atoms with Crippen molar-refractivity contribution in [3.05, 3.63) is 53.2 Å². The van der Waals surface area contributed by atoms with Gasteiger partial charge < -0.3 is 10.4 Å². The van der Waals surface area contributed by atoms with Crippen molar-refractivity contribution in [1.82, 2.24) is 19.9 Å². The lowest BCUT2D eigenvalue weighted by molar-refractivity contribution is -0.124. The zero-order chi connectivity index (χ0) is 20.8. The van der Waals surface area contributed by atoms with Crippen molar-refractivity contribution >= 4 is 29.4 Å². The Bertz CT molecular complexity index is 1210. The van der Waals surface area contributed by atoms with Crippen molar-refractivity contribution in [1.29, 1.82) is 0 Å². The Balaban J connectivity index is 1.65. The molecular weight excluding hydrogens is 382 g/mol. The summed E-state index contributed by atoms with van der Waals surface area (Å²) in [6.07, 6.45) is 5.02. The summed E-state index contributed by atoms with van der Waals surface area (Å²) < 4.78 is 1.72. The lowest BCUT2D eigenvalue weighted by Crippen LogP contribution is -2.19. The first kappa shape index (κ1) is 18.5. The van der Waals surface area contributed by atoms with Gasteiger partial charge in [0, 0.05) is 28.8 Å². The minimum atomic E-state index is -0.577. The molecular formula is C22H21N5O3. The molecule has 0 bridgehead atoms. The fraction of sp³-hybridized carbons (Fsp3) is 0.273. The molecule has 3 heterocycles. The zero-order valence-electron chi connectivity index (χ0n) is 16.4. The molecule has 1 aliphatic carbocycles. The van der Waals surface area contributed by atoms with E-state index in [2.05, 4.69) is 15.7 Å². The molecule has 0 spiro atoms. The molecule has 3 N–H and O–H groups in total. The Labute approximate surface area is 172 Å². The molecule has 2 aliphatic rings. The first-order chi connectivity index (χ1) is 14.5. The summed E-state index contributed by atoms with van der Waals surface area (Å²) in [5, 5.41) is 20.2. The number of fused-ring (bicyclic) bond motifs is 1. The van der Waals surface area contributed by atoms with Crippen LogP contribution in [0.2, 0.25) is 0 Å². The smallest absolute Gasteiger partial charge is 0.254 e. The van der Waals surface area contributed by atoms with E-state index < -0.39 is 6.10 Å². The SMILES string of the molecule is CC(O)c1cccc(-c2cc(NC3CC3)n3ncc(/C=C4\CC(=O)NC4=O)c3n2)c1. The van der Waals surface area contributed by atoms with Gasteiger partial charge in [0.05, 0.1) is 24.4 Å². The number of aromatic nitrogens is 3. The maximum absolute atomic E-state index is 12.0. The number of amides is 2. The number of hydrogen-bond acceptors (Lipinski definition) is 6. The summed E-state index contributed by atoms with van der Waals surface area (Å²) in [5.74, 6) is 0.135. The summed E-state index contributed by atoms with van der Waals surface area (Å²) in [4.78, 5) is 28.3. The molecule has 30 heavy (non-hydrogen) atoms. The van der Waals surface area contributed by atoms with E-state index in [1.165, 1.54) is 0 Å². The van der Waals surface area contributed by atoms with Crippen molar-refractivity contribution < 1.29 is 14.7 Å². The van der Waals surface area contributed by atoms with Gasteiger partial charge in [0.1, 0.15) is 5.82 Å². The first-order valence-corrected chi connectivity index (χ1v) is 9.96. The number of anilines is 1. The molecule has 1 aromatic carbocycles. The fourth-order valence-corrected chi connectivity index (χ4v) is 3.54. The summed E-state index contributed by atoms with van der Waals surface area (Å²) >= 11 is 0. The van der Waals surface area contributed by atoms with Gasteiger partial charge >= 0.3 is 0 Å². The molecule has 8 heteroatoms. The van der Waals surface area contributed by atoms with Gasteiger partial charge in [-0.25, -0.2) is 4.98 Å². The predicted octanol–water partition coefficient (Wildman–Crippen LogP) is 2.45. The zero-order valence-corrected chi connectivity index (χ0v) is 16.4. The monoisotopic (exact) mass is 403 g/mol. The van der Waals surface area contributed by atoms with Gasteiger partial charge in [-0.3, -0.25) is 14.9 Å². The van der Waals surface area contributed by atoms with Gasteiger partial charge in [-0.1, -0.05) is 18.2 Å². The molecule has 152 valence electrons.